The lowest BCUT2D eigenvalue weighted by atomic mass is 9.85. The van der Waals surface area contributed by atoms with Crippen LogP contribution in [0.3, 0.4) is 0 Å². The number of thiophene rings is 2. The molecule has 6 heteroatoms. The van der Waals surface area contributed by atoms with E-state index in [9.17, 15) is 4.79 Å². The molecule has 0 saturated heterocycles. The van der Waals surface area contributed by atoms with Crippen molar-refractivity contribution in [1.82, 2.24) is 5.32 Å². The minimum absolute atomic E-state index is 0. The Labute approximate surface area is 145 Å². The maximum atomic E-state index is 12.6. The summed E-state index contributed by atoms with van der Waals surface area (Å²) in [6.07, 6.45) is 3.87. The van der Waals surface area contributed by atoms with Gasteiger partial charge >= 0.3 is 0 Å². The summed E-state index contributed by atoms with van der Waals surface area (Å²) in [5.74, 6) is 0.216. The molecule has 120 valence electrons. The molecular weight excluding hydrogens is 336 g/mol. The molecule has 3 N–H and O–H groups in total. The van der Waals surface area contributed by atoms with Crippen molar-refractivity contribution in [3.8, 4) is 0 Å². The van der Waals surface area contributed by atoms with E-state index in [1.54, 1.807) is 22.7 Å². The van der Waals surface area contributed by atoms with Gasteiger partial charge in [0.2, 0.25) is 5.91 Å². The van der Waals surface area contributed by atoms with Crippen molar-refractivity contribution in [2.24, 2.45) is 11.7 Å². The topological polar surface area (TPSA) is 55.1 Å². The molecule has 2 aromatic heterocycles. The number of halogens is 1. The van der Waals surface area contributed by atoms with E-state index in [0.717, 1.165) is 25.7 Å². The van der Waals surface area contributed by atoms with Gasteiger partial charge in [0.05, 0.1) is 6.04 Å². The Balaban J connectivity index is 0.00000176. The normalized spacial score (nSPS) is 21.4. The predicted octanol–water partition coefficient (Wildman–Crippen LogP) is 3.95. The summed E-state index contributed by atoms with van der Waals surface area (Å²) in [6.45, 7) is 0. The van der Waals surface area contributed by atoms with Gasteiger partial charge in [-0.25, -0.2) is 0 Å². The van der Waals surface area contributed by atoms with Gasteiger partial charge in [0.15, 0.2) is 0 Å². The molecule has 0 bridgehead atoms. The van der Waals surface area contributed by atoms with Crippen LogP contribution < -0.4 is 11.1 Å². The van der Waals surface area contributed by atoms with Gasteiger partial charge in [0, 0.05) is 21.7 Å². The summed E-state index contributed by atoms with van der Waals surface area (Å²) in [5.41, 5.74) is 6.01. The van der Waals surface area contributed by atoms with Crippen LogP contribution >= 0.6 is 35.1 Å². The van der Waals surface area contributed by atoms with Gasteiger partial charge < -0.3 is 11.1 Å². The van der Waals surface area contributed by atoms with Crippen LogP contribution in [0.15, 0.2) is 35.0 Å². The van der Waals surface area contributed by atoms with Crippen molar-refractivity contribution in [1.29, 1.82) is 0 Å². The number of hydrogen-bond acceptors (Lipinski definition) is 4. The van der Waals surface area contributed by atoms with Gasteiger partial charge in [0.25, 0.3) is 0 Å². The molecule has 22 heavy (non-hydrogen) atoms. The smallest absolute Gasteiger partial charge is 0.223 e. The van der Waals surface area contributed by atoms with Gasteiger partial charge in [-0.2, -0.15) is 0 Å². The fourth-order valence-electron chi connectivity index (χ4n) is 2.92. The molecular formula is C16H21ClN2OS2. The first-order valence-electron chi connectivity index (χ1n) is 7.37. The minimum atomic E-state index is -0.0179. The van der Waals surface area contributed by atoms with Gasteiger partial charge in [-0.05, 0) is 42.2 Å². The van der Waals surface area contributed by atoms with Gasteiger partial charge in [0.1, 0.15) is 0 Å². The molecule has 1 aliphatic carbocycles. The summed E-state index contributed by atoms with van der Waals surface area (Å²) in [5, 5.41) is 7.35. The maximum absolute atomic E-state index is 12.6. The van der Waals surface area contributed by atoms with Crippen LogP contribution in [0.2, 0.25) is 0 Å². The van der Waals surface area contributed by atoms with E-state index < -0.39 is 0 Å². The van der Waals surface area contributed by atoms with Crippen molar-refractivity contribution in [3.63, 3.8) is 0 Å². The number of nitrogens with one attached hydrogen (secondary N) is 1. The quantitative estimate of drug-likeness (QED) is 0.871. The first-order chi connectivity index (χ1) is 10.2. The third kappa shape index (κ3) is 4.10. The fraction of sp³-hybridized carbons (Fsp3) is 0.438. The Hall–Kier alpha value is -0.880. The second kappa shape index (κ2) is 8.11. The fourth-order valence-corrected chi connectivity index (χ4v) is 4.58. The number of carbonyl (C=O) groups is 1. The number of rotatable bonds is 4. The summed E-state index contributed by atoms with van der Waals surface area (Å²) < 4.78 is 0. The first kappa shape index (κ1) is 17.5. The molecule has 3 rings (SSSR count). The monoisotopic (exact) mass is 356 g/mol. The van der Waals surface area contributed by atoms with Crippen molar-refractivity contribution >= 4 is 41.0 Å². The van der Waals surface area contributed by atoms with Crippen molar-refractivity contribution < 1.29 is 4.79 Å². The molecule has 0 aromatic carbocycles. The second-order valence-corrected chi connectivity index (χ2v) is 7.55. The first-order valence-corrected chi connectivity index (χ1v) is 9.12. The van der Waals surface area contributed by atoms with E-state index in [2.05, 4.69) is 28.2 Å². The maximum Gasteiger partial charge on any atom is 0.223 e. The minimum Gasteiger partial charge on any atom is -0.343 e. The molecule has 2 unspecified atom stereocenters. The highest BCUT2D eigenvalue weighted by Crippen LogP contribution is 2.31. The van der Waals surface area contributed by atoms with Crippen LogP contribution in [0.4, 0.5) is 0 Å². The highest BCUT2D eigenvalue weighted by molar-refractivity contribution is 7.11. The number of hydrogen-bond donors (Lipinski definition) is 2. The van der Waals surface area contributed by atoms with E-state index in [0.29, 0.717) is 0 Å². The van der Waals surface area contributed by atoms with Crippen LogP contribution in [0, 0.1) is 5.92 Å². The predicted molar refractivity (Wildman–Crippen MR) is 95.8 cm³/mol. The number of nitrogens with two attached hydrogens (primary N) is 1. The lowest BCUT2D eigenvalue weighted by molar-refractivity contribution is -0.126. The highest BCUT2D eigenvalue weighted by Gasteiger charge is 2.28. The molecule has 0 radical (unpaired) electrons. The standard InChI is InChI=1S/C16H20N2OS2.ClH/c17-12-5-1-4-11(10-12)16(19)18-15(13-6-2-8-20-13)14-7-3-9-21-14;/h2-3,6-9,11-12,15H,1,4-5,10,17H2,(H,18,19);1H. The van der Waals surface area contributed by atoms with Crippen molar-refractivity contribution in [2.45, 2.75) is 37.8 Å². The SMILES string of the molecule is Cl.NC1CCCC(C(=O)NC(c2cccs2)c2cccs2)C1. The largest absolute Gasteiger partial charge is 0.343 e. The number of amides is 1. The Kier molecular flexibility index (Phi) is 6.44. The molecule has 1 aliphatic rings. The van der Waals surface area contributed by atoms with Crippen LogP contribution in [0.25, 0.3) is 0 Å². The van der Waals surface area contributed by atoms with E-state index in [4.69, 9.17) is 5.73 Å². The molecule has 2 heterocycles. The molecule has 0 spiro atoms. The highest BCUT2D eigenvalue weighted by atomic mass is 35.5. The molecule has 1 amide bonds. The third-order valence-corrected chi connectivity index (χ3v) is 5.90. The van der Waals surface area contributed by atoms with Crippen molar-refractivity contribution in [3.05, 3.63) is 44.8 Å². The molecule has 1 fully saturated rings. The number of carbonyl (C=O) groups excluding carboxylic acids is 1. The van der Waals surface area contributed by atoms with E-state index in [1.165, 1.54) is 9.75 Å². The molecule has 2 aromatic rings. The second-order valence-electron chi connectivity index (χ2n) is 5.60. The molecule has 1 saturated carbocycles. The zero-order chi connectivity index (χ0) is 14.7. The molecule has 0 aliphatic heterocycles. The third-order valence-electron chi connectivity index (χ3n) is 4.03. The van der Waals surface area contributed by atoms with E-state index in [1.807, 2.05) is 12.1 Å². The lowest BCUT2D eigenvalue weighted by Gasteiger charge is -2.27. The van der Waals surface area contributed by atoms with Crippen LogP contribution in [-0.4, -0.2) is 11.9 Å². The average Bonchev–Trinajstić information content (AvgIpc) is 3.18. The van der Waals surface area contributed by atoms with E-state index in [-0.39, 0.29) is 36.3 Å². The summed E-state index contributed by atoms with van der Waals surface area (Å²) in [4.78, 5) is 15.0. The van der Waals surface area contributed by atoms with Crippen LogP contribution in [0.1, 0.15) is 41.5 Å². The Morgan fingerprint density at radius 2 is 1.82 bits per heavy atom. The summed E-state index contributed by atoms with van der Waals surface area (Å²) in [7, 11) is 0. The van der Waals surface area contributed by atoms with E-state index >= 15 is 0 Å². The zero-order valence-electron chi connectivity index (χ0n) is 12.2. The molecule has 2 atom stereocenters. The van der Waals surface area contributed by atoms with Gasteiger partial charge in [-0.3, -0.25) is 4.79 Å². The Morgan fingerprint density at radius 3 is 2.32 bits per heavy atom. The Bertz CT molecular complexity index is 537. The van der Waals surface area contributed by atoms with Crippen molar-refractivity contribution in [2.75, 3.05) is 0 Å². The summed E-state index contributed by atoms with van der Waals surface area (Å²) >= 11 is 3.37. The zero-order valence-corrected chi connectivity index (χ0v) is 14.7. The van der Waals surface area contributed by atoms with Crippen LogP contribution in [0.5, 0.6) is 0 Å². The average molecular weight is 357 g/mol. The van der Waals surface area contributed by atoms with Gasteiger partial charge in [-0.15, -0.1) is 35.1 Å². The Morgan fingerprint density at radius 1 is 1.18 bits per heavy atom. The molecule has 3 nitrogen and oxygen atoms in total. The van der Waals surface area contributed by atoms with Crippen LogP contribution in [-0.2, 0) is 4.79 Å². The summed E-state index contributed by atoms with van der Waals surface area (Å²) in [6, 6.07) is 8.39. The van der Waals surface area contributed by atoms with Gasteiger partial charge in [-0.1, -0.05) is 18.6 Å². The lowest BCUT2D eigenvalue weighted by Crippen LogP contribution is -2.39.